The number of rotatable bonds is 4. The molecule has 0 aliphatic carbocycles. The SMILES string of the molecule is O=C1c2ccccc2N2C(=O)CC[C@]2(C(=O)Nc2ccc(F)cc2F)N1Cc1ccccc1. The summed E-state index contributed by atoms with van der Waals surface area (Å²) in [4.78, 5) is 43.1. The maximum absolute atomic E-state index is 14.3. The minimum absolute atomic E-state index is 0.0340. The lowest BCUT2D eigenvalue weighted by Gasteiger charge is -2.49. The third-order valence-electron chi connectivity index (χ3n) is 6.10. The molecule has 8 heteroatoms. The van der Waals surface area contributed by atoms with Crippen LogP contribution < -0.4 is 10.2 Å². The number of benzene rings is 3. The van der Waals surface area contributed by atoms with Gasteiger partial charge in [-0.15, -0.1) is 0 Å². The van der Waals surface area contributed by atoms with E-state index in [0.29, 0.717) is 17.3 Å². The molecule has 1 fully saturated rings. The molecule has 0 aromatic heterocycles. The predicted octanol–water partition coefficient (Wildman–Crippen LogP) is 4.08. The van der Waals surface area contributed by atoms with Crippen molar-refractivity contribution in [2.45, 2.75) is 25.0 Å². The minimum atomic E-state index is -1.70. The maximum Gasteiger partial charge on any atom is 0.271 e. The molecule has 2 aliphatic rings. The third kappa shape index (κ3) is 3.26. The first-order valence-electron chi connectivity index (χ1n) is 10.5. The second-order valence-corrected chi connectivity index (χ2v) is 8.02. The van der Waals surface area contributed by atoms with Gasteiger partial charge >= 0.3 is 0 Å². The third-order valence-corrected chi connectivity index (χ3v) is 6.10. The first-order valence-corrected chi connectivity index (χ1v) is 10.5. The summed E-state index contributed by atoms with van der Waals surface area (Å²) in [5.74, 6) is -3.20. The molecule has 5 rings (SSSR count). The summed E-state index contributed by atoms with van der Waals surface area (Å²) < 4.78 is 27.7. The fourth-order valence-electron chi connectivity index (χ4n) is 4.58. The van der Waals surface area contributed by atoms with Crippen molar-refractivity contribution in [1.82, 2.24) is 4.90 Å². The summed E-state index contributed by atoms with van der Waals surface area (Å²) in [6.45, 7) is 0.0666. The second kappa shape index (κ2) is 7.81. The van der Waals surface area contributed by atoms with E-state index in [2.05, 4.69) is 5.32 Å². The summed E-state index contributed by atoms with van der Waals surface area (Å²) >= 11 is 0. The summed E-state index contributed by atoms with van der Waals surface area (Å²) in [5, 5.41) is 2.49. The van der Waals surface area contributed by atoms with Gasteiger partial charge in [0.1, 0.15) is 11.6 Å². The number of nitrogens with zero attached hydrogens (tertiary/aromatic N) is 2. The Morgan fingerprint density at radius 2 is 1.70 bits per heavy atom. The van der Waals surface area contributed by atoms with Crippen LogP contribution in [0.1, 0.15) is 28.8 Å². The lowest BCUT2D eigenvalue weighted by Crippen LogP contribution is -2.69. The van der Waals surface area contributed by atoms with Gasteiger partial charge in [0.25, 0.3) is 11.8 Å². The molecule has 3 aromatic rings. The molecule has 3 aromatic carbocycles. The number of hydrogen-bond donors (Lipinski definition) is 1. The average molecular weight is 447 g/mol. The van der Waals surface area contributed by atoms with Gasteiger partial charge in [-0.05, 0) is 29.8 Å². The number of para-hydroxylation sites is 1. The van der Waals surface area contributed by atoms with Crippen LogP contribution in [0.4, 0.5) is 20.2 Å². The fraction of sp³-hybridized carbons (Fsp3) is 0.160. The van der Waals surface area contributed by atoms with Crippen molar-refractivity contribution < 1.29 is 23.2 Å². The maximum atomic E-state index is 14.3. The lowest BCUT2D eigenvalue weighted by molar-refractivity contribution is -0.129. The van der Waals surface area contributed by atoms with Crippen LogP contribution in [0.15, 0.2) is 72.8 Å². The molecule has 1 saturated heterocycles. The van der Waals surface area contributed by atoms with Crippen LogP contribution in [-0.2, 0) is 16.1 Å². The van der Waals surface area contributed by atoms with Crippen LogP contribution in [0.3, 0.4) is 0 Å². The van der Waals surface area contributed by atoms with E-state index in [-0.39, 0.29) is 31.0 Å². The van der Waals surface area contributed by atoms with Gasteiger partial charge in [-0.1, -0.05) is 42.5 Å². The number of fused-ring (bicyclic) bond motifs is 3. The number of carbonyl (C=O) groups excluding carboxylic acids is 3. The van der Waals surface area contributed by atoms with Crippen LogP contribution in [0, 0.1) is 11.6 Å². The van der Waals surface area contributed by atoms with Gasteiger partial charge in [-0.3, -0.25) is 19.3 Å². The normalized spacial score (nSPS) is 19.3. The molecule has 1 N–H and O–H groups in total. The van der Waals surface area contributed by atoms with Crippen molar-refractivity contribution in [2.75, 3.05) is 10.2 Å². The molecule has 6 nitrogen and oxygen atoms in total. The van der Waals surface area contributed by atoms with E-state index >= 15 is 0 Å². The van der Waals surface area contributed by atoms with Crippen LogP contribution in [0.5, 0.6) is 0 Å². The van der Waals surface area contributed by atoms with E-state index in [0.717, 1.165) is 17.7 Å². The number of halogens is 2. The first-order chi connectivity index (χ1) is 15.9. The number of amides is 3. The molecular formula is C25H19F2N3O3. The van der Waals surface area contributed by atoms with Gasteiger partial charge in [-0.2, -0.15) is 0 Å². The Morgan fingerprint density at radius 1 is 0.970 bits per heavy atom. The van der Waals surface area contributed by atoms with E-state index in [9.17, 15) is 23.2 Å². The van der Waals surface area contributed by atoms with Crippen molar-refractivity contribution in [3.8, 4) is 0 Å². The second-order valence-electron chi connectivity index (χ2n) is 8.02. The van der Waals surface area contributed by atoms with Gasteiger partial charge in [0.2, 0.25) is 11.6 Å². The van der Waals surface area contributed by atoms with E-state index in [4.69, 9.17) is 0 Å². The van der Waals surface area contributed by atoms with Crippen LogP contribution in [0.2, 0.25) is 0 Å². The quantitative estimate of drug-likeness (QED) is 0.655. The standard InChI is InChI=1S/C25H19F2N3O3/c26-17-10-11-20(19(27)14-17)28-24(33)25-13-12-22(31)30(25)21-9-5-4-8-18(21)23(32)29(25)15-16-6-2-1-3-7-16/h1-11,14H,12-13,15H2,(H,28,33)/t25-/m0/s1. The molecule has 0 radical (unpaired) electrons. The number of hydrogen-bond acceptors (Lipinski definition) is 3. The zero-order valence-electron chi connectivity index (χ0n) is 17.4. The highest BCUT2D eigenvalue weighted by Crippen LogP contribution is 2.45. The molecule has 0 unspecified atom stereocenters. The van der Waals surface area contributed by atoms with E-state index in [1.165, 1.54) is 9.80 Å². The topological polar surface area (TPSA) is 69.7 Å². The molecule has 2 heterocycles. The molecule has 166 valence electrons. The van der Waals surface area contributed by atoms with Crippen molar-refractivity contribution in [1.29, 1.82) is 0 Å². The molecule has 1 atom stereocenters. The van der Waals surface area contributed by atoms with Gasteiger partial charge < -0.3 is 10.2 Å². The Bertz CT molecular complexity index is 1280. The first kappa shape index (κ1) is 20.8. The van der Waals surface area contributed by atoms with Crippen molar-refractivity contribution in [2.24, 2.45) is 0 Å². The number of nitrogens with one attached hydrogen (secondary N) is 1. The molecule has 0 spiro atoms. The average Bonchev–Trinajstić information content (AvgIpc) is 3.17. The Morgan fingerprint density at radius 3 is 2.45 bits per heavy atom. The van der Waals surface area contributed by atoms with Gasteiger partial charge in [0, 0.05) is 25.5 Å². The minimum Gasteiger partial charge on any atom is -0.320 e. The van der Waals surface area contributed by atoms with E-state index in [1.54, 1.807) is 24.3 Å². The van der Waals surface area contributed by atoms with Crippen molar-refractivity contribution >= 4 is 29.1 Å². The number of anilines is 2. The van der Waals surface area contributed by atoms with Gasteiger partial charge in [-0.25, -0.2) is 8.78 Å². The molecule has 0 bridgehead atoms. The Balaban J connectivity index is 1.65. The van der Waals surface area contributed by atoms with E-state index in [1.807, 2.05) is 30.3 Å². The highest BCUT2D eigenvalue weighted by molar-refractivity contribution is 6.18. The Hall–Kier alpha value is -4.07. The zero-order valence-corrected chi connectivity index (χ0v) is 17.4. The molecule has 2 aliphatic heterocycles. The fourth-order valence-corrected chi connectivity index (χ4v) is 4.58. The Kier molecular flexibility index (Phi) is 4.92. The molecule has 0 saturated carbocycles. The Labute approximate surface area is 188 Å². The molecule has 33 heavy (non-hydrogen) atoms. The van der Waals surface area contributed by atoms with Crippen molar-refractivity contribution in [3.63, 3.8) is 0 Å². The lowest BCUT2D eigenvalue weighted by atomic mass is 9.94. The zero-order chi connectivity index (χ0) is 23.2. The smallest absolute Gasteiger partial charge is 0.271 e. The summed E-state index contributed by atoms with van der Waals surface area (Å²) in [6, 6.07) is 18.5. The van der Waals surface area contributed by atoms with Crippen LogP contribution in [0.25, 0.3) is 0 Å². The summed E-state index contributed by atoms with van der Waals surface area (Å²) in [6.07, 6.45) is 0.0691. The number of carbonyl (C=O) groups is 3. The van der Waals surface area contributed by atoms with Gasteiger partial charge in [0.05, 0.1) is 16.9 Å². The highest BCUT2D eigenvalue weighted by Gasteiger charge is 2.60. The van der Waals surface area contributed by atoms with E-state index < -0.39 is 29.1 Å². The highest BCUT2D eigenvalue weighted by atomic mass is 19.1. The molecular weight excluding hydrogens is 428 g/mol. The summed E-state index contributed by atoms with van der Waals surface area (Å²) in [5.41, 5.74) is -0.519. The van der Waals surface area contributed by atoms with Crippen LogP contribution in [-0.4, -0.2) is 28.3 Å². The monoisotopic (exact) mass is 447 g/mol. The largest absolute Gasteiger partial charge is 0.320 e. The molecule has 3 amide bonds. The van der Waals surface area contributed by atoms with Crippen LogP contribution >= 0.6 is 0 Å². The van der Waals surface area contributed by atoms with Gasteiger partial charge in [0.15, 0.2) is 0 Å². The summed E-state index contributed by atoms with van der Waals surface area (Å²) in [7, 11) is 0. The predicted molar refractivity (Wildman–Crippen MR) is 117 cm³/mol. The van der Waals surface area contributed by atoms with Crippen molar-refractivity contribution in [3.05, 3.63) is 95.6 Å².